The number of benzene rings is 1. The lowest BCUT2D eigenvalue weighted by Gasteiger charge is -2.75. The summed E-state index contributed by atoms with van der Waals surface area (Å²) in [4.78, 5) is 27.9. The van der Waals surface area contributed by atoms with E-state index in [1.165, 1.54) is 0 Å². The average Bonchev–Trinajstić information content (AvgIpc) is 3.67. The van der Waals surface area contributed by atoms with Crippen LogP contribution in [-0.4, -0.2) is 79.9 Å². The molecule has 6 fully saturated rings. The van der Waals surface area contributed by atoms with Crippen LogP contribution in [-0.2, 0) is 27.4 Å². The van der Waals surface area contributed by atoms with Crippen molar-refractivity contribution in [2.75, 3.05) is 7.05 Å². The number of hydrogen-bond donors (Lipinski definition) is 6. The first kappa shape index (κ1) is 37.9. The van der Waals surface area contributed by atoms with Crippen molar-refractivity contribution in [1.82, 2.24) is 5.32 Å². The fraction of sp³-hybridized carbons (Fsp3) is 0.673. The van der Waals surface area contributed by atoms with Gasteiger partial charge < -0.3 is 40.4 Å². The fourth-order valence-electron chi connectivity index (χ4n) is 17.2. The van der Waals surface area contributed by atoms with Crippen LogP contribution in [0.3, 0.4) is 0 Å². The molecule has 0 saturated heterocycles. The summed E-state index contributed by atoms with van der Waals surface area (Å²) in [5.74, 6) is 4.16. The third kappa shape index (κ3) is 4.45. The molecular formula is C49H59NO8. The molecule has 1 aromatic rings. The first-order valence-electron chi connectivity index (χ1n) is 22.4. The molecule has 0 unspecified atom stereocenters. The van der Waals surface area contributed by atoms with Crippen LogP contribution in [0.25, 0.3) is 0 Å². The van der Waals surface area contributed by atoms with E-state index < -0.39 is 63.5 Å². The van der Waals surface area contributed by atoms with Gasteiger partial charge in [0.15, 0.2) is 0 Å². The molecule has 4 bridgehead atoms. The number of aliphatic hydroxyl groups is 5. The number of carbonyl (C=O) groups excluding carboxylic acids is 2. The number of hydrogen-bond acceptors (Lipinski definition) is 9. The van der Waals surface area contributed by atoms with E-state index in [0.717, 1.165) is 35.0 Å². The molecule has 0 aromatic heterocycles. The summed E-state index contributed by atoms with van der Waals surface area (Å²) < 4.78 is 6.27. The number of nitrogens with one attached hydrogen (secondary N) is 1. The molecule has 1 aromatic carbocycles. The largest absolute Gasteiger partial charge is 0.454 e. The maximum atomic E-state index is 14.4. The number of rotatable bonds is 3. The van der Waals surface area contributed by atoms with Crippen LogP contribution >= 0.6 is 0 Å². The smallest absolute Gasteiger partial charge is 0.331 e. The predicted molar refractivity (Wildman–Crippen MR) is 214 cm³/mol. The highest BCUT2D eigenvalue weighted by Gasteiger charge is 2.86. The number of ether oxygens (including phenoxy) is 1. The molecule has 1 aliphatic heterocycles. The van der Waals surface area contributed by atoms with Crippen molar-refractivity contribution in [3.63, 3.8) is 0 Å². The molecular weight excluding hydrogens is 731 g/mol. The van der Waals surface area contributed by atoms with Crippen LogP contribution in [0.4, 0.5) is 0 Å². The van der Waals surface area contributed by atoms with Crippen molar-refractivity contribution in [3.8, 4) is 11.8 Å². The van der Waals surface area contributed by atoms with Crippen molar-refractivity contribution in [2.24, 2.45) is 75.9 Å². The molecule has 0 radical (unpaired) electrons. The Morgan fingerprint density at radius 1 is 1.02 bits per heavy atom. The summed E-state index contributed by atoms with van der Waals surface area (Å²) in [6.07, 6.45) is 15.6. The van der Waals surface area contributed by atoms with Gasteiger partial charge in [0.05, 0.1) is 29.3 Å². The molecule has 58 heavy (non-hydrogen) atoms. The summed E-state index contributed by atoms with van der Waals surface area (Å²) in [5.41, 5.74) is -3.71. The van der Waals surface area contributed by atoms with E-state index in [1.54, 1.807) is 6.08 Å². The Hall–Kier alpha value is -3.10. The second-order valence-corrected chi connectivity index (χ2v) is 20.8. The van der Waals surface area contributed by atoms with E-state index in [4.69, 9.17) is 4.74 Å². The number of carbonyl (C=O) groups is 2. The van der Waals surface area contributed by atoms with Gasteiger partial charge in [-0.2, -0.15) is 0 Å². The molecule has 308 valence electrons. The summed E-state index contributed by atoms with van der Waals surface area (Å²) in [5, 5.41) is 68.2. The Bertz CT molecular complexity index is 2100. The van der Waals surface area contributed by atoms with E-state index >= 15 is 0 Å². The zero-order valence-electron chi connectivity index (χ0n) is 33.7. The van der Waals surface area contributed by atoms with Crippen molar-refractivity contribution in [2.45, 2.75) is 119 Å². The summed E-state index contributed by atoms with van der Waals surface area (Å²) in [6, 6.07) is 5.73. The van der Waals surface area contributed by atoms with Crippen LogP contribution in [0.5, 0.6) is 0 Å². The van der Waals surface area contributed by atoms with Crippen molar-refractivity contribution >= 4 is 12.3 Å². The fourth-order valence-corrected chi connectivity index (χ4v) is 17.2. The lowest BCUT2D eigenvalue weighted by Crippen LogP contribution is -2.84. The van der Waals surface area contributed by atoms with E-state index in [-0.39, 0.29) is 60.5 Å². The first-order chi connectivity index (χ1) is 27.9. The lowest BCUT2D eigenvalue weighted by molar-refractivity contribution is -0.360. The predicted octanol–water partition coefficient (Wildman–Crippen LogP) is 4.17. The van der Waals surface area contributed by atoms with E-state index in [9.17, 15) is 35.1 Å². The minimum absolute atomic E-state index is 0.0935. The number of fused-ring (bicyclic) bond motifs is 5. The van der Waals surface area contributed by atoms with Crippen molar-refractivity contribution < 1.29 is 39.9 Å². The van der Waals surface area contributed by atoms with Crippen LogP contribution < -0.4 is 5.32 Å². The van der Waals surface area contributed by atoms with Gasteiger partial charge in [0.2, 0.25) is 0 Å². The molecule has 10 aliphatic carbocycles. The van der Waals surface area contributed by atoms with Crippen LogP contribution in [0.2, 0.25) is 0 Å². The number of aldehydes is 1. The van der Waals surface area contributed by atoms with Crippen LogP contribution in [0, 0.1) is 87.8 Å². The molecule has 9 heteroatoms. The zero-order valence-corrected chi connectivity index (χ0v) is 33.7. The average molecular weight is 790 g/mol. The van der Waals surface area contributed by atoms with E-state index in [2.05, 4.69) is 48.4 Å². The van der Waals surface area contributed by atoms with Gasteiger partial charge in [-0.25, -0.2) is 4.79 Å². The summed E-state index contributed by atoms with van der Waals surface area (Å²) in [7, 11) is 1.93. The van der Waals surface area contributed by atoms with Gasteiger partial charge in [-0.3, -0.25) is 0 Å². The third-order valence-electron chi connectivity index (χ3n) is 19.1. The van der Waals surface area contributed by atoms with Gasteiger partial charge in [-0.15, -0.1) is 0 Å². The molecule has 9 nitrogen and oxygen atoms in total. The third-order valence-corrected chi connectivity index (χ3v) is 19.1. The molecule has 1 heterocycles. The standard InChI is InChI=1S/C49H59NO8/c1-26-7-5-10-28-16-38-40(53)18-32-13-12-29-21-45-14-4-3-8-27-9-6-11-30(24-51)35(27)19-39(50-2)36-15-31(42(45)37-20-41(54)58-43(36)37)22-48(45,56)47(55)23-33(17-34(26)28)49(38,57)46(32,25-52)44(29)47/h5-6,9-13,20,25-26,28-29,31-34,36,38-40,42-44,50-51,53,55-57H,4,7,14-19,21-24H2,1-2H3/t26-,28-,29-,31+,32+,33+,34+,36+,38-,39+,40+,42-,43+,44-,45-,46-,47+,48-,49+/m1/s1. The Balaban J connectivity index is 1.12. The minimum Gasteiger partial charge on any atom is -0.454 e. The van der Waals surface area contributed by atoms with E-state index in [0.29, 0.717) is 63.7 Å². The number of allylic oxidation sites excluding steroid dienone is 4. The number of esters is 1. The molecule has 6 saturated carbocycles. The topological polar surface area (TPSA) is 157 Å². The van der Waals surface area contributed by atoms with Gasteiger partial charge in [0.25, 0.3) is 0 Å². The number of aliphatic hydroxyl groups excluding tert-OH is 2. The van der Waals surface area contributed by atoms with Crippen LogP contribution in [0.1, 0.15) is 87.8 Å². The maximum absolute atomic E-state index is 14.4. The Labute approximate surface area is 341 Å². The second kappa shape index (κ2) is 12.7. The molecule has 1 spiro atoms. The highest BCUT2D eigenvalue weighted by Crippen LogP contribution is 2.80. The first-order valence-corrected chi connectivity index (χ1v) is 22.4. The maximum Gasteiger partial charge on any atom is 0.331 e. The Morgan fingerprint density at radius 3 is 2.66 bits per heavy atom. The van der Waals surface area contributed by atoms with Gasteiger partial charge in [-0.1, -0.05) is 55.2 Å². The van der Waals surface area contributed by atoms with Crippen molar-refractivity contribution in [3.05, 3.63) is 70.8 Å². The van der Waals surface area contributed by atoms with Crippen LogP contribution in [0.15, 0.2) is 54.2 Å². The normalized spacial score (nSPS) is 52.7. The monoisotopic (exact) mass is 789 g/mol. The molecule has 12 rings (SSSR count). The zero-order chi connectivity index (χ0) is 40.1. The molecule has 11 aliphatic rings. The Kier molecular flexibility index (Phi) is 8.30. The second-order valence-electron chi connectivity index (χ2n) is 20.8. The van der Waals surface area contributed by atoms with Gasteiger partial charge in [0.1, 0.15) is 18.0 Å². The minimum atomic E-state index is -1.75. The highest BCUT2D eigenvalue weighted by atomic mass is 16.5. The molecule has 6 N–H and O–H groups in total. The summed E-state index contributed by atoms with van der Waals surface area (Å²) in [6.45, 7) is 2.15. The van der Waals surface area contributed by atoms with Gasteiger partial charge in [-0.05, 0) is 141 Å². The van der Waals surface area contributed by atoms with Gasteiger partial charge >= 0.3 is 5.97 Å². The SMILES string of the molecule is CN[C@H]1Cc2c(cccc2CO)C#CCC[C@]23C[C@H]4C=C[C@H]5C[C@H](O)[C@H]6C[C@H]7C=CC[C@@H](C)[C@@H]7C[C@H]7C[C@](O)([C@H]4[C@]5(C=O)[C@]76O)[C@@]2(O)C[C@@H]2C[C@@H]1[C@@H]1OC(=O)C=C1[C@@H]23. The number of likely N-dealkylation sites (N-methyl/N-ethyl adjacent to an activating group) is 1. The Morgan fingerprint density at radius 2 is 1.86 bits per heavy atom. The summed E-state index contributed by atoms with van der Waals surface area (Å²) >= 11 is 0. The van der Waals surface area contributed by atoms with Crippen molar-refractivity contribution in [1.29, 1.82) is 0 Å². The van der Waals surface area contributed by atoms with Gasteiger partial charge in [0, 0.05) is 47.3 Å². The molecule has 19 atom stereocenters. The highest BCUT2D eigenvalue weighted by molar-refractivity contribution is 5.86. The van der Waals surface area contributed by atoms with E-state index in [1.807, 2.05) is 25.2 Å². The quantitative estimate of drug-likeness (QED) is 0.115. The lowest BCUT2D eigenvalue weighted by atomic mass is 9.31. The molecule has 0 amide bonds.